The van der Waals surface area contributed by atoms with Crippen LogP contribution in [0.25, 0.3) is 0 Å². The van der Waals surface area contributed by atoms with Gasteiger partial charge in [-0.25, -0.2) is 0 Å². The lowest BCUT2D eigenvalue weighted by Crippen LogP contribution is -2.09. The van der Waals surface area contributed by atoms with E-state index < -0.39 is 6.61 Å². The van der Waals surface area contributed by atoms with E-state index in [4.69, 9.17) is 27.6 Å². The van der Waals surface area contributed by atoms with E-state index in [-0.39, 0.29) is 21.8 Å². The standard InChI is InChI=1S/C14H13Cl2F2NO2/c1-2-11(12-4-3-5-20-12)19-8-6-9(15)13(10(16)7-8)21-14(17)18/h3-7,11,14,19H,2H2,1H3. The van der Waals surface area contributed by atoms with Crippen LogP contribution in [0.1, 0.15) is 25.1 Å². The van der Waals surface area contributed by atoms with Crippen molar-refractivity contribution in [1.82, 2.24) is 0 Å². The number of ether oxygens (including phenoxy) is 1. The van der Waals surface area contributed by atoms with E-state index >= 15 is 0 Å². The maximum atomic E-state index is 12.3. The van der Waals surface area contributed by atoms with Crippen molar-refractivity contribution in [2.24, 2.45) is 0 Å². The fourth-order valence-electron chi connectivity index (χ4n) is 1.91. The Kier molecular flexibility index (Phi) is 5.31. The molecule has 0 spiro atoms. The lowest BCUT2D eigenvalue weighted by atomic mass is 10.1. The average molecular weight is 336 g/mol. The lowest BCUT2D eigenvalue weighted by molar-refractivity contribution is -0.0497. The summed E-state index contributed by atoms with van der Waals surface area (Å²) in [6, 6.07) is 6.53. The highest BCUT2D eigenvalue weighted by molar-refractivity contribution is 6.37. The summed E-state index contributed by atoms with van der Waals surface area (Å²) in [4.78, 5) is 0. The zero-order chi connectivity index (χ0) is 15.4. The van der Waals surface area contributed by atoms with Gasteiger partial charge < -0.3 is 14.5 Å². The molecule has 21 heavy (non-hydrogen) atoms. The molecule has 1 N–H and O–H groups in total. The minimum absolute atomic E-state index is 0.0135. The van der Waals surface area contributed by atoms with Crippen LogP contribution in [0.4, 0.5) is 14.5 Å². The van der Waals surface area contributed by atoms with Crippen molar-refractivity contribution in [2.75, 3.05) is 5.32 Å². The summed E-state index contributed by atoms with van der Waals surface area (Å²) >= 11 is 11.8. The Labute approximate surface area is 130 Å². The summed E-state index contributed by atoms with van der Waals surface area (Å²) in [5, 5.41) is 3.21. The first kappa shape index (κ1) is 15.9. The van der Waals surface area contributed by atoms with Crippen LogP contribution in [-0.2, 0) is 0 Å². The van der Waals surface area contributed by atoms with E-state index in [2.05, 4.69) is 10.1 Å². The van der Waals surface area contributed by atoms with Gasteiger partial charge in [-0.15, -0.1) is 0 Å². The van der Waals surface area contributed by atoms with Crippen molar-refractivity contribution in [3.8, 4) is 5.75 Å². The van der Waals surface area contributed by atoms with Crippen LogP contribution in [0, 0.1) is 0 Å². The first-order valence-electron chi connectivity index (χ1n) is 6.25. The highest BCUT2D eigenvalue weighted by Crippen LogP contribution is 2.38. The van der Waals surface area contributed by atoms with Crippen LogP contribution < -0.4 is 10.1 Å². The number of benzene rings is 1. The molecule has 0 amide bonds. The smallest absolute Gasteiger partial charge is 0.387 e. The number of nitrogens with one attached hydrogen (secondary N) is 1. The molecule has 3 nitrogen and oxygen atoms in total. The van der Waals surface area contributed by atoms with Crippen molar-refractivity contribution >= 4 is 28.9 Å². The van der Waals surface area contributed by atoms with Gasteiger partial charge in [-0.1, -0.05) is 30.1 Å². The SMILES string of the molecule is CCC(Nc1cc(Cl)c(OC(F)F)c(Cl)c1)c1ccco1. The van der Waals surface area contributed by atoms with E-state index in [0.717, 1.165) is 12.2 Å². The van der Waals surface area contributed by atoms with Gasteiger partial charge in [-0.05, 0) is 30.7 Å². The van der Waals surface area contributed by atoms with E-state index in [1.807, 2.05) is 13.0 Å². The minimum Gasteiger partial charge on any atom is -0.467 e. The fraction of sp³-hybridized carbons (Fsp3) is 0.286. The summed E-state index contributed by atoms with van der Waals surface area (Å²) in [5.74, 6) is 0.530. The molecule has 1 unspecified atom stereocenters. The number of hydrogen-bond acceptors (Lipinski definition) is 3. The van der Waals surface area contributed by atoms with Crippen LogP contribution in [0.2, 0.25) is 10.0 Å². The molecule has 1 aromatic heterocycles. The third-order valence-corrected chi connectivity index (χ3v) is 3.40. The average Bonchev–Trinajstić information content (AvgIpc) is 2.94. The highest BCUT2D eigenvalue weighted by Gasteiger charge is 2.17. The Bertz CT molecular complexity index is 568. The maximum absolute atomic E-state index is 12.3. The molecule has 0 aliphatic carbocycles. The third kappa shape index (κ3) is 4.02. The Morgan fingerprint density at radius 3 is 2.43 bits per heavy atom. The Hall–Kier alpha value is -1.46. The molecule has 1 heterocycles. The molecule has 1 atom stereocenters. The first-order chi connectivity index (χ1) is 10.0. The summed E-state index contributed by atoms with van der Waals surface area (Å²) in [5.41, 5.74) is 0.592. The second-order valence-electron chi connectivity index (χ2n) is 4.27. The van der Waals surface area contributed by atoms with Gasteiger partial charge in [0.25, 0.3) is 0 Å². The van der Waals surface area contributed by atoms with Gasteiger partial charge in [-0.3, -0.25) is 0 Å². The Morgan fingerprint density at radius 1 is 1.29 bits per heavy atom. The summed E-state index contributed by atoms with van der Waals surface area (Å²) in [6.07, 6.45) is 2.34. The summed E-state index contributed by atoms with van der Waals surface area (Å²) < 4.78 is 34.2. The van der Waals surface area contributed by atoms with Crippen LogP contribution in [0.15, 0.2) is 34.9 Å². The van der Waals surface area contributed by atoms with Crippen molar-refractivity contribution in [3.63, 3.8) is 0 Å². The molecule has 2 rings (SSSR count). The number of anilines is 1. The lowest BCUT2D eigenvalue weighted by Gasteiger charge is -2.17. The largest absolute Gasteiger partial charge is 0.467 e. The van der Waals surface area contributed by atoms with Gasteiger partial charge in [0.2, 0.25) is 0 Å². The third-order valence-electron chi connectivity index (χ3n) is 2.84. The van der Waals surface area contributed by atoms with Crippen LogP contribution >= 0.6 is 23.2 Å². The van der Waals surface area contributed by atoms with E-state index in [9.17, 15) is 8.78 Å². The van der Waals surface area contributed by atoms with Gasteiger partial charge >= 0.3 is 6.61 Å². The molecule has 0 radical (unpaired) electrons. The molecule has 7 heteroatoms. The molecule has 0 aliphatic heterocycles. The molecular formula is C14H13Cl2F2NO2. The van der Waals surface area contributed by atoms with Gasteiger partial charge in [0.05, 0.1) is 22.4 Å². The zero-order valence-corrected chi connectivity index (χ0v) is 12.6. The van der Waals surface area contributed by atoms with Crippen molar-refractivity contribution in [2.45, 2.75) is 26.0 Å². The number of rotatable bonds is 6. The number of hydrogen-bond donors (Lipinski definition) is 1. The van der Waals surface area contributed by atoms with Crippen LogP contribution in [0.3, 0.4) is 0 Å². The number of halogens is 4. The normalized spacial score (nSPS) is 12.5. The van der Waals surface area contributed by atoms with E-state index in [0.29, 0.717) is 5.69 Å². The summed E-state index contributed by atoms with van der Waals surface area (Å²) in [6.45, 7) is -0.997. The molecule has 2 aromatic rings. The summed E-state index contributed by atoms with van der Waals surface area (Å²) in [7, 11) is 0. The Balaban J connectivity index is 2.21. The van der Waals surface area contributed by atoms with Crippen molar-refractivity contribution in [1.29, 1.82) is 0 Å². The predicted molar refractivity (Wildman–Crippen MR) is 78.5 cm³/mol. The van der Waals surface area contributed by atoms with Crippen LogP contribution in [-0.4, -0.2) is 6.61 Å². The van der Waals surface area contributed by atoms with E-state index in [1.54, 1.807) is 12.3 Å². The maximum Gasteiger partial charge on any atom is 0.387 e. The number of alkyl halides is 2. The molecule has 0 aliphatic rings. The molecule has 0 saturated carbocycles. The quantitative estimate of drug-likeness (QED) is 0.729. The molecular weight excluding hydrogens is 323 g/mol. The monoisotopic (exact) mass is 335 g/mol. The van der Waals surface area contributed by atoms with Gasteiger partial charge in [0.1, 0.15) is 5.76 Å². The van der Waals surface area contributed by atoms with Crippen molar-refractivity contribution in [3.05, 3.63) is 46.3 Å². The van der Waals surface area contributed by atoms with E-state index in [1.165, 1.54) is 12.1 Å². The first-order valence-corrected chi connectivity index (χ1v) is 7.00. The molecule has 0 saturated heterocycles. The molecule has 0 fully saturated rings. The second-order valence-corrected chi connectivity index (χ2v) is 5.08. The second kappa shape index (κ2) is 7.00. The zero-order valence-electron chi connectivity index (χ0n) is 11.1. The minimum atomic E-state index is -2.98. The Morgan fingerprint density at radius 2 is 1.95 bits per heavy atom. The van der Waals surface area contributed by atoms with Gasteiger partial charge in [-0.2, -0.15) is 8.78 Å². The highest BCUT2D eigenvalue weighted by atomic mass is 35.5. The van der Waals surface area contributed by atoms with Crippen LogP contribution in [0.5, 0.6) is 5.75 Å². The molecule has 114 valence electrons. The van der Waals surface area contributed by atoms with Gasteiger partial charge in [0.15, 0.2) is 5.75 Å². The number of furan rings is 1. The fourth-order valence-corrected chi connectivity index (χ4v) is 2.49. The predicted octanol–water partition coefficient (Wildman–Crippen LogP) is 5.75. The van der Waals surface area contributed by atoms with Gasteiger partial charge in [0, 0.05) is 5.69 Å². The molecule has 1 aromatic carbocycles. The molecule has 0 bridgehead atoms. The topological polar surface area (TPSA) is 34.4 Å². The van der Waals surface area contributed by atoms with Crippen molar-refractivity contribution < 1.29 is 17.9 Å².